The molecule has 1 heterocycles. The zero-order valence-electron chi connectivity index (χ0n) is 6.71. The molecule has 1 rings (SSSR count). The first-order chi connectivity index (χ1) is 5.22. The van der Waals surface area contributed by atoms with Gasteiger partial charge >= 0.3 is 6.03 Å². The number of rotatable bonds is 1. The van der Waals surface area contributed by atoms with Gasteiger partial charge in [-0.3, -0.25) is 5.01 Å². The Morgan fingerprint density at radius 3 is 2.55 bits per heavy atom. The maximum atomic E-state index is 10.7. The van der Waals surface area contributed by atoms with Gasteiger partial charge in [-0.15, -0.1) is 0 Å². The van der Waals surface area contributed by atoms with E-state index in [1.807, 2.05) is 5.01 Å². The Balaban J connectivity index is 2.38. The lowest BCUT2D eigenvalue weighted by Gasteiger charge is -2.33. The minimum atomic E-state index is -0.396. The Hall–Kier alpha value is -0.810. The van der Waals surface area contributed by atoms with Gasteiger partial charge in [-0.1, -0.05) is 0 Å². The third kappa shape index (κ3) is 2.06. The first kappa shape index (κ1) is 8.29. The van der Waals surface area contributed by atoms with Crippen LogP contribution < -0.4 is 11.1 Å². The van der Waals surface area contributed by atoms with E-state index in [2.05, 4.69) is 5.32 Å². The van der Waals surface area contributed by atoms with Crippen LogP contribution in [-0.2, 0) is 0 Å². The van der Waals surface area contributed by atoms with Crippen LogP contribution in [0.25, 0.3) is 0 Å². The summed E-state index contributed by atoms with van der Waals surface area (Å²) < 4.78 is 0. The van der Waals surface area contributed by atoms with Crippen LogP contribution in [0.5, 0.6) is 0 Å². The summed E-state index contributed by atoms with van der Waals surface area (Å²) in [4.78, 5) is 10.7. The number of primary amides is 1. The zero-order chi connectivity index (χ0) is 8.27. The lowest BCUT2D eigenvalue weighted by Crippen LogP contribution is -2.54. The number of nitrogens with two attached hydrogens (primary N) is 1. The molecule has 64 valence electrons. The summed E-state index contributed by atoms with van der Waals surface area (Å²) in [6.07, 6.45) is 0. The molecule has 0 aromatic heterocycles. The molecule has 2 amide bonds. The van der Waals surface area contributed by atoms with E-state index >= 15 is 0 Å². The number of hydrazine groups is 1. The molecular formula is C6H14N4O. The quantitative estimate of drug-likeness (QED) is 0.505. The minimum absolute atomic E-state index is 0.396. The summed E-state index contributed by atoms with van der Waals surface area (Å²) in [5, 5.41) is 6.58. The van der Waals surface area contributed by atoms with E-state index in [1.54, 1.807) is 7.05 Å². The van der Waals surface area contributed by atoms with E-state index in [0.29, 0.717) is 0 Å². The first-order valence-corrected chi connectivity index (χ1v) is 3.70. The molecule has 1 fully saturated rings. The van der Waals surface area contributed by atoms with Crippen LogP contribution in [-0.4, -0.2) is 49.3 Å². The molecular weight excluding hydrogens is 144 g/mol. The molecule has 1 saturated heterocycles. The third-order valence-corrected chi connectivity index (χ3v) is 1.84. The molecule has 3 N–H and O–H groups in total. The van der Waals surface area contributed by atoms with Gasteiger partial charge in [-0.2, -0.15) is 0 Å². The van der Waals surface area contributed by atoms with Crippen molar-refractivity contribution in [3.63, 3.8) is 0 Å². The molecule has 0 aromatic carbocycles. The molecule has 0 radical (unpaired) electrons. The van der Waals surface area contributed by atoms with Crippen LogP contribution in [0.15, 0.2) is 0 Å². The van der Waals surface area contributed by atoms with Gasteiger partial charge in [0, 0.05) is 33.2 Å². The number of nitrogens with zero attached hydrogens (tertiary/aromatic N) is 2. The first-order valence-electron chi connectivity index (χ1n) is 3.70. The maximum Gasteiger partial charge on any atom is 0.329 e. The van der Waals surface area contributed by atoms with Crippen molar-refractivity contribution >= 4 is 6.03 Å². The molecule has 1 aliphatic rings. The number of urea groups is 1. The van der Waals surface area contributed by atoms with Crippen molar-refractivity contribution in [3.8, 4) is 0 Å². The van der Waals surface area contributed by atoms with Crippen molar-refractivity contribution in [2.24, 2.45) is 5.73 Å². The molecule has 0 aromatic rings. The van der Waals surface area contributed by atoms with Crippen molar-refractivity contribution in [2.75, 3.05) is 33.2 Å². The lowest BCUT2D eigenvalue weighted by atomic mass is 10.4. The fourth-order valence-electron chi connectivity index (χ4n) is 1.09. The predicted molar refractivity (Wildman–Crippen MR) is 41.8 cm³/mol. The number of carbonyl (C=O) groups excluding carboxylic acids is 1. The Bertz CT molecular complexity index is 144. The van der Waals surface area contributed by atoms with Gasteiger partial charge in [0.1, 0.15) is 0 Å². The Morgan fingerprint density at radius 2 is 2.09 bits per heavy atom. The van der Waals surface area contributed by atoms with Crippen molar-refractivity contribution in [1.29, 1.82) is 0 Å². The largest absolute Gasteiger partial charge is 0.350 e. The Labute approximate surface area is 66.1 Å². The van der Waals surface area contributed by atoms with Crippen LogP contribution in [0.4, 0.5) is 4.79 Å². The molecule has 0 bridgehead atoms. The van der Waals surface area contributed by atoms with E-state index < -0.39 is 6.03 Å². The van der Waals surface area contributed by atoms with Gasteiger partial charge in [0.2, 0.25) is 0 Å². The molecule has 11 heavy (non-hydrogen) atoms. The highest BCUT2D eigenvalue weighted by atomic mass is 16.2. The van der Waals surface area contributed by atoms with E-state index in [1.165, 1.54) is 5.01 Å². The minimum Gasteiger partial charge on any atom is -0.350 e. The summed E-state index contributed by atoms with van der Waals surface area (Å²) in [6.45, 7) is 3.52. The summed E-state index contributed by atoms with van der Waals surface area (Å²) in [7, 11) is 1.69. The van der Waals surface area contributed by atoms with E-state index in [9.17, 15) is 4.79 Å². The number of piperazine rings is 1. The summed E-state index contributed by atoms with van der Waals surface area (Å²) in [5.74, 6) is 0. The number of nitrogens with one attached hydrogen (secondary N) is 1. The van der Waals surface area contributed by atoms with Crippen molar-refractivity contribution < 1.29 is 4.79 Å². The molecule has 0 unspecified atom stereocenters. The molecule has 0 atom stereocenters. The highest BCUT2D eigenvalue weighted by Gasteiger charge is 2.16. The predicted octanol–water partition coefficient (Wildman–Crippen LogP) is -1.18. The molecule has 0 spiro atoms. The van der Waals surface area contributed by atoms with Crippen LogP contribution in [0.3, 0.4) is 0 Å². The maximum absolute atomic E-state index is 10.7. The van der Waals surface area contributed by atoms with Crippen LogP contribution in [0.2, 0.25) is 0 Å². The fourth-order valence-corrected chi connectivity index (χ4v) is 1.09. The van der Waals surface area contributed by atoms with Gasteiger partial charge in [0.05, 0.1) is 0 Å². The highest BCUT2D eigenvalue weighted by molar-refractivity contribution is 5.71. The summed E-state index contributed by atoms with van der Waals surface area (Å²) in [5.41, 5.74) is 5.09. The molecule has 1 aliphatic heterocycles. The number of hydrogen-bond donors (Lipinski definition) is 2. The van der Waals surface area contributed by atoms with Crippen LogP contribution in [0.1, 0.15) is 0 Å². The molecule has 0 saturated carbocycles. The van der Waals surface area contributed by atoms with Crippen molar-refractivity contribution in [1.82, 2.24) is 15.3 Å². The van der Waals surface area contributed by atoms with Gasteiger partial charge in [-0.25, -0.2) is 9.80 Å². The average Bonchev–Trinajstić information content (AvgIpc) is 2.05. The Kier molecular flexibility index (Phi) is 2.67. The van der Waals surface area contributed by atoms with E-state index in [4.69, 9.17) is 5.73 Å². The molecule has 5 heteroatoms. The van der Waals surface area contributed by atoms with Gasteiger partial charge in [-0.05, 0) is 0 Å². The van der Waals surface area contributed by atoms with Gasteiger partial charge in [0.15, 0.2) is 0 Å². The smallest absolute Gasteiger partial charge is 0.329 e. The number of carbonyl (C=O) groups is 1. The highest BCUT2D eigenvalue weighted by Crippen LogP contribution is 1.95. The van der Waals surface area contributed by atoms with Gasteiger partial charge < -0.3 is 11.1 Å². The SMILES string of the molecule is CN(C(N)=O)N1CCNCC1. The summed E-state index contributed by atoms with van der Waals surface area (Å²) >= 11 is 0. The Morgan fingerprint density at radius 1 is 1.55 bits per heavy atom. The van der Waals surface area contributed by atoms with E-state index in [0.717, 1.165) is 26.2 Å². The van der Waals surface area contributed by atoms with Crippen LogP contribution in [0, 0.1) is 0 Å². The second-order valence-corrected chi connectivity index (χ2v) is 2.57. The number of amides is 2. The zero-order valence-corrected chi connectivity index (χ0v) is 6.71. The second-order valence-electron chi connectivity index (χ2n) is 2.57. The summed E-state index contributed by atoms with van der Waals surface area (Å²) in [6, 6.07) is -0.396. The molecule has 5 nitrogen and oxygen atoms in total. The van der Waals surface area contributed by atoms with Crippen molar-refractivity contribution in [2.45, 2.75) is 0 Å². The fraction of sp³-hybridized carbons (Fsp3) is 0.833. The van der Waals surface area contributed by atoms with Crippen molar-refractivity contribution in [3.05, 3.63) is 0 Å². The average molecular weight is 158 g/mol. The normalized spacial score (nSPS) is 19.7. The monoisotopic (exact) mass is 158 g/mol. The third-order valence-electron chi connectivity index (χ3n) is 1.84. The van der Waals surface area contributed by atoms with Crippen LogP contribution >= 0.6 is 0 Å². The standard InChI is InChI=1S/C6H14N4O/c1-9(6(7)11)10-4-2-8-3-5-10/h8H,2-5H2,1H3,(H2,7,11). The van der Waals surface area contributed by atoms with Gasteiger partial charge in [0.25, 0.3) is 0 Å². The molecule has 0 aliphatic carbocycles. The second kappa shape index (κ2) is 3.54. The topological polar surface area (TPSA) is 61.6 Å². The lowest BCUT2D eigenvalue weighted by molar-refractivity contribution is 0.0292. The van der Waals surface area contributed by atoms with E-state index in [-0.39, 0.29) is 0 Å². The number of hydrogen-bond acceptors (Lipinski definition) is 3.